The SMILES string of the molecule is COc1ccc2c(c1)c(=O)oc1c(C)c(OC(=O)c3ccc(Cl)cc3Cl)ccc12. The first-order valence-electron chi connectivity index (χ1n) is 8.60. The molecule has 5 nitrogen and oxygen atoms in total. The van der Waals surface area contributed by atoms with Gasteiger partial charge < -0.3 is 13.9 Å². The molecule has 0 N–H and O–H groups in total. The lowest BCUT2D eigenvalue weighted by atomic mass is 10.0. The van der Waals surface area contributed by atoms with Crippen molar-refractivity contribution in [3.8, 4) is 11.5 Å². The van der Waals surface area contributed by atoms with E-state index in [1.54, 1.807) is 43.3 Å². The maximum Gasteiger partial charge on any atom is 0.345 e. The van der Waals surface area contributed by atoms with Crippen molar-refractivity contribution in [2.45, 2.75) is 6.92 Å². The van der Waals surface area contributed by atoms with E-state index in [1.165, 1.54) is 19.2 Å². The quantitative estimate of drug-likeness (QED) is 0.179. The molecule has 1 aromatic heterocycles. The first-order chi connectivity index (χ1) is 13.9. The van der Waals surface area contributed by atoms with Gasteiger partial charge in [-0.05, 0) is 55.5 Å². The van der Waals surface area contributed by atoms with Crippen molar-refractivity contribution in [2.24, 2.45) is 0 Å². The van der Waals surface area contributed by atoms with Crippen LogP contribution in [0.2, 0.25) is 10.0 Å². The number of hydrogen-bond acceptors (Lipinski definition) is 5. The zero-order valence-electron chi connectivity index (χ0n) is 15.4. The summed E-state index contributed by atoms with van der Waals surface area (Å²) >= 11 is 11.9. The number of esters is 1. The number of fused-ring (bicyclic) bond motifs is 3. The van der Waals surface area contributed by atoms with E-state index in [2.05, 4.69) is 0 Å². The van der Waals surface area contributed by atoms with Crippen LogP contribution in [-0.4, -0.2) is 13.1 Å². The molecular weight excluding hydrogens is 415 g/mol. The van der Waals surface area contributed by atoms with E-state index in [4.69, 9.17) is 37.1 Å². The molecular formula is C22H14Cl2O5. The second kappa shape index (κ2) is 7.43. The van der Waals surface area contributed by atoms with E-state index in [9.17, 15) is 9.59 Å². The van der Waals surface area contributed by atoms with E-state index >= 15 is 0 Å². The van der Waals surface area contributed by atoms with Crippen molar-refractivity contribution in [1.29, 1.82) is 0 Å². The molecule has 0 aliphatic heterocycles. The number of aryl methyl sites for hydroxylation is 1. The molecule has 0 aliphatic rings. The highest BCUT2D eigenvalue weighted by atomic mass is 35.5. The Balaban J connectivity index is 1.81. The third-order valence-electron chi connectivity index (χ3n) is 4.64. The lowest BCUT2D eigenvalue weighted by Gasteiger charge is -2.11. The Labute approximate surface area is 175 Å². The molecule has 0 fully saturated rings. The summed E-state index contributed by atoms with van der Waals surface area (Å²) in [5.74, 6) is 0.192. The second-order valence-corrected chi connectivity index (χ2v) is 7.22. The fourth-order valence-electron chi connectivity index (χ4n) is 3.14. The summed E-state index contributed by atoms with van der Waals surface area (Å²) in [6.45, 7) is 1.71. The molecule has 0 amide bonds. The Kier molecular flexibility index (Phi) is 4.94. The predicted molar refractivity (Wildman–Crippen MR) is 113 cm³/mol. The van der Waals surface area contributed by atoms with E-state index < -0.39 is 11.6 Å². The van der Waals surface area contributed by atoms with Crippen LogP contribution in [0.4, 0.5) is 0 Å². The van der Waals surface area contributed by atoms with Gasteiger partial charge in [0.1, 0.15) is 17.1 Å². The lowest BCUT2D eigenvalue weighted by Crippen LogP contribution is -2.10. The highest BCUT2D eigenvalue weighted by Crippen LogP contribution is 2.33. The zero-order chi connectivity index (χ0) is 20.7. The second-order valence-electron chi connectivity index (χ2n) is 6.38. The van der Waals surface area contributed by atoms with Gasteiger partial charge in [0.05, 0.1) is 23.1 Å². The van der Waals surface area contributed by atoms with Crippen LogP contribution in [0, 0.1) is 6.92 Å². The van der Waals surface area contributed by atoms with Crippen molar-refractivity contribution in [2.75, 3.05) is 7.11 Å². The summed E-state index contributed by atoms with van der Waals surface area (Å²) in [6, 6.07) is 13.1. The van der Waals surface area contributed by atoms with Gasteiger partial charge in [0, 0.05) is 21.4 Å². The summed E-state index contributed by atoms with van der Waals surface area (Å²) in [7, 11) is 1.53. The van der Waals surface area contributed by atoms with E-state index in [-0.39, 0.29) is 16.3 Å². The van der Waals surface area contributed by atoms with Gasteiger partial charge in [0.2, 0.25) is 0 Å². The lowest BCUT2D eigenvalue weighted by molar-refractivity contribution is 0.0734. The average Bonchev–Trinajstić information content (AvgIpc) is 2.70. The monoisotopic (exact) mass is 428 g/mol. The van der Waals surface area contributed by atoms with Crippen molar-refractivity contribution in [1.82, 2.24) is 0 Å². The fraction of sp³-hybridized carbons (Fsp3) is 0.0909. The molecule has 4 rings (SSSR count). The summed E-state index contributed by atoms with van der Waals surface area (Å²) < 4.78 is 16.2. The van der Waals surface area contributed by atoms with Gasteiger partial charge in [-0.15, -0.1) is 0 Å². The molecule has 0 unspecified atom stereocenters. The van der Waals surface area contributed by atoms with Crippen LogP contribution in [0.3, 0.4) is 0 Å². The molecule has 29 heavy (non-hydrogen) atoms. The average molecular weight is 429 g/mol. The largest absolute Gasteiger partial charge is 0.497 e. The molecule has 0 spiro atoms. The number of halogens is 2. The molecule has 0 aliphatic carbocycles. The van der Waals surface area contributed by atoms with Crippen LogP contribution in [0.15, 0.2) is 57.7 Å². The summed E-state index contributed by atoms with van der Waals surface area (Å²) in [5.41, 5.74) is 0.553. The van der Waals surface area contributed by atoms with Gasteiger partial charge in [-0.3, -0.25) is 0 Å². The summed E-state index contributed by atoms with van der Waals surface area (Å²) in [4.78, 5) is 25.0. The highest BCUT2D eigenvalue weighted by Gasteiger charge is 2.18. The Bertz CT molecular complexity index is 1340. The smallest absolute Gasteiger partial charge is 0.345 e. The van der Waals surface area contributed by atoms with Crippen molar-refractivity contribution >= 4 is 50.9 Å². The van der Waals surface area contributed by atoms with E-state index in [1.807, 2.05) is 0 Å². The first-order valence-corrected chi connectivity index (χ1v) is 9.36. The highest BCUT2D eigenvalue weighted by molar-refractivity contribution is 6.36. The van der Waals surface area contributed by atoms with Gasteiger partial charge in [-0.25, -0.2) is 9.59 Å². The molecule has 0 saturated heterocycles. The number of carbonyl (C=O) groups is 1. The molecule has 0 saturated carbocycles. The Morgan fingerprint density at radius 1 is 0.966 bits per heavy atom. The zero-order valence-corrected chi connectivity index (χ0v) is 16.9. The van der Waals surface area contributed by atoms with Crippen molar-refractivity contribution in [3.05, 3.63) is 80.1 Å². The Morgan fingerprint density at radius 2 is 1.72 bits per heavy atom. The number of ether oxygens (including phenoxy) is 2. The molecule has 0 atom stereocenters. The topological polar surface area (TPSA) is 65.7 Å². The normalized spacial score (nSPS) is 11.0. The standard InChI is InChI=1S/C22H14Cl2O5/c1-11-19(28-21(25)16-5-3-12(23)9-18(16)24)8-7-15-14-6-4-13(27-2)10-17(14)22(26)29-20(11)15/h3-10H,1-2H3. The minimum Gasteiger partial charge on any atom is -0.497 e. The number of carbonyl (C=O) groups excluding carboxylic acids is 1. The maximum atomic E-state index is 12.5. The summed E-state index contributed by atoms with van der Waals surface area (Å²) in [6.07, 6.45) is 0. The molecule has 3 aromatic carbocycles. The molecule has 146 valence electrons. The van der Waals surface area contributed by atoms with Crippen LogP contribution in [0.5, 0.6) is 11.5 Å². The first kappa shape index (κ1) is 19.3. The van der Waals surface area contributed by atoms with Crippen LogP contribution < -0.4 is 15.1 Å². The third-order valence-corrected chi connectivity index (χ3v) is 5.19. The minimum atomic E-state index is -0.637. The van der Waals surface area contributed by atoms with Crippen molar-refractivity contribution < 1.29 is 18.7 Å². The van der Waals surface area contributed by atoms with Crippen LogP contribution in [0.1, 0.15) is 15.9 Å². The number of hydrogen-bond donors (Lipinski definition) is 0. The summed E-state index contributed by atoms with van der Waals surface area (Å²) in [5, 5.41) is 2.46. The fourth-order valence-corrected chi connectivity index (χ4v) is 3.63. The van der Waals surface area contributed by atoms with Gasteiger partial charge in [0.25, 0.3) is 0 Å². The minimum absolute atomic E-state index is 0.183. The maximum absolute atomic E-state index is 12.5. The van der Waals surface area contributed by atoms with Crippen LogP contribution in [0.25, 0.3) is 21.7 Å². The van der Waals surface area contributed by atoms with Crippen LogP contribution in [-0.2, 0) is 0 Å². The third kappa shape index (κ3) is 3.43. The Hall–Kier alpha value is -3.02. The van der Waals surface area contributed by atoms with Crippen molar-refractivity contribution in [3.63, 3.8) is 0 Å². The number of benzene rings is 3. The van der Waals surface area contributed by atoms with Gasteiger partial charge in [-0.1, -0.05) is 23.2 Å². The van der Waals surface area contributed by atoms with Gasteiger partial charge >= 0.3 is 11.6 Å². The van der Waals surface area contributed by atoms with Gasteiger partial charge in [0.15, 0.2) is 0 Å². The molecule has 7 heteroatoms. The predicted octanol–water partition coefficient (Wildman–Crippen LogP) is 5.79. The molecule has 4 aromatic rings. The van der Waals surface area contributed by atoms with E-state index in [0.29, 0.717) is 27.3 Å². The number of methoxy groups -OCH3 is 1. The van der Waals surface area contributed by atoms with Gasteiger partial charge in [-0.2, -0.15) is 0 Å². The van der Waals surface area contributed by atoms with Crippen LogP contribution >= 0.6 is 23.2 Å². The molecule has 0 radical (unpaired) electrons. The Morgan fingerprint density at radius 3 is 2.45 bits per heavy atom. The molecule has 0 bridgehead atoms. The molecule has 1 heterocycles. The number of rotatable bonds is 3. The van der Waals surface area contributed by atoms with E-state index in [0.717, 1.165) is 10.8 Å².